The van der Waals surface area contributed by atoms with Crippen LogP contribution in [-0.4, -0.2) is 89.1 Å². The zero-order valence-electron chi connectivity index (χ0n) is 17.3. The molecule has 0 saturated carbocycles. The number of carboxylic acid groups (broad SMARTS) is 1. The van der Waals surface area contributed by atoms with Crippen molar-refractivity contribution in [3.63, 3.8) is 0 Å². The first-order valence-electron chi connectivity index (χ1n) is 9.48. The van der Waals surface area contributed by atoms with E-state index in [4.69, 9.17) is 14.6 Å². The van der Waals surface area contributed by atoms with E-state index in [9.17, 15) is 30.0 Å². The Morgan fingerprint density at radius 3 is 2.50 bits per heavy atom. The van der Waals surface area contributed by atoms with Gasteiger partial charge in [-0.15, -0.1) is 0 Å². The number of aliphatic hydroxyl groups excluding tert-OH is 4. The predicted molar refractivity (Wildman–Crippen MR) is 99.4 cm³/mol. The van der Waals surface area contributed by atoms with E-state index in [1.165, 1.54) is 17.8 Å². The Labute approximate surface area is 173 Å². The monoisotopic (exact) mass is 431 g/mol. The van der Waals surface area contributed by atoms with Gasteiger partial charge in [0.2, 0.25) is 0 Å². The summed E-state index contributed by atoms with van der Waals surface area (Å²) in [7, 11) is 0. The van der Waals surface area contributed by atoms with Crippen molar-refractivity contribution in [2.24, 2.45) is 5.92 Å². The number of hydrogen-bond acceptors (Lipinski definition) is 10. The highest BCUT2D eigenvalue weighted by atomic mass is 16.7. The number of aliphatic hydroxyl groups is 4. The number of carbonyl (C=O) groups is 2. The fourth-order valence-corrected chi connectivity index (χ4v) is 3.27. The van der Waals surface area contributed by atoms with Crippen LogP contribution in [0.5, 0.6) is 5.88 Å². The van der Waals surface area contributed by atoms with E-state index >= 15 is 0 Å². The van der Waals surface area contributed by atoms with E-state index in [1.54, 1.807) is 0 Å². The quantitative estimate of drug-likeness (QED) is 0.328. The third kappa shape index (κ3) is 5.13. The lowest BCUT2D eigenvalue weighted by Crippen LogP contribution is -2.63. The summed E-state index contributed by atoms with van der Waals surface area (Å²) in [5, 5.41) is 57.5. The van der Waals surface area contributed by atoms with Gasteiger partial charge in [0.25, 0.3) is 5.88 Å². The van der Waals surface area contributed by atoms with Gasteiger partial charge >= 0.3 is 11.8 Å². The van der Waals surface area contributed by atoms with E-state index in [1.807, 2.05) is 20.8 Å². The molecule has 0 bridgehead atoms. The lowest BCUT2D eigenvalue weighted by atomic mass is 9.80. The third-order valence-corrected chi connectivity index (χ3v) is 4.92. The fourth-order valence-electron chi connectivity index (χ4n) is 3.27. The summed E-state index contributed by atoms with van der Waals surface area (Å²) in [4.78, 5) is 23.7. The molecule has 0 spiro atoms. The van der Waals surface area contributed by atoms with E-state index in [0.717, 1.165) is 0 Å². The number of carboxylic acids is 1. The maximum absolute atomic E-state index is 12.1. The molecule has 1 saturated heterocycles. The molecule has 12 nitrogen and oxygen atoms in total. The van der Waals surface area contributed by atoms with Crippen LogP contribution in [-0.2, 0) is 19.9 Å². The van der Waals surface area contributed by atoms with Gasteiger partial charge in [-0.3, -0.25) is 0 Å². The first-order chi connectivity index (χ1) is 13.8. The summed E-state index contributed by atoms with van der Waals surface area (Å²) in [5.41, 5.74) is -0.464. The molecule has 170 valence electrons. The number of hydrogen-bond donors (Lipinski definition) is 5. The van der Waals surface area contributed by atoms with E-state index < -0.39 is 60.7 Å². The molecule has 0 aliphatic carbocycles. The molecule has 1 aliphatic heterocycles. The second kappa shape index (κ2) is 8.94. The molecule has 0 radical (unpaired) electrons. The second-order valence-electron chi connectivity index (χ2n) is 8.50. The normalized spacial score (nSPS) is 29.3. The number of rotatable bonds is 8. The van der Waals surface area contributed by atoms with Crippen LogP contribution in [0.1, 0.15) is 40.5 Å². The lowest BCUT2D eigenvalue weighted by Gasteiger charge is -2.45. The smallest absolute Gasteiger partial charge is 0.377 e. The van der Waals surface area contributed by atoms with Crippen LogP contribution in [0.25, 0.3) is 0 Å². The van der Waals surface area contributed by atoms with Gasteiger partial charge in [0, 0.05) is 12.3 Å². The van der Waals surface area contributed by atoms with Crippen molar-refractivity contribution < 1.29 is 44.6 Å². The molecular weight excluding hydrogens is 402 g/mol. The van der Waals surface area contributed by atoms with Gasteiger partial charge in [-0.1, -0.05) is 10.3 Å². The Balaban J connectivity index is 2.40. The molecule has 2 rings (SSSR count). The molecule has 6 atom stereocenters. The third-order valence-electron chi connectivity index (χ3n) is 4.92. The van der Waals surface area contributed by atoms with Crippen molar-refractivity contribution in [1.29, 1.82) is 0 Å². The minimum Gasteiger partial charge on any atom is -0.476 e. The summed E-state index contributed by atoms with van der Waals surface area (Å²) >= 11 is 0. The van der Waals surface area contributed by atoms with Gasteiger partial charge in [-0.2, -0.15) is 0 Å². The summed E-state index contributed by atoms with van der Waals surface area (Å²) in [5.74, 6) is -5.63. The average molecular weight is 431 g/mol. The number of aromatic nitrogens is 3. The SMILES string of the molecule is CC(=O)CC1C(O)CC(Oc2cn(C(C)(C)C)nn2)(C(=O)O)OC1C(O)C(O)CO. The number of aliphatic carboxylic acids is 1. The van der Waals surface area contributed by atoms with Crippen molar-refractivity contribution in [3.8, 4) is 5.88 Å². The topological polar surface area (TPSA) is 184 Å². The van der Waals surface area contributed by atoms with Crippen molar-refractivity contribution in [1.82, 2.24) is 15.0 Å². The molecule has 1 fully saturated rings. The van der Waals surface area contributed by atoms with Crippen molar-refractivity contribution in [2.45, 2.75) is 76.3 Å². The molecule has 1 aromatic heterocycles. The average Bonchev–Trinajstić information content (AvgIpc) is 3.10. The molecule has 2 heterocycles. The van der Waals surface area contributed by atoms with Crippen molar-refractivity contribution in [2.75, 3.05) is 6.61 Å². The molecule has 12 heteroatoms. The van der Waals surface area contributed by atoms with Crippen LogP contribution in [0.3, 0.4) is 0 Å². The Kier molecular flexibility index (Phi) is 7.20. The predicted octanol–water partition coefficient (Wildman–Crippen LogP) is -1.35. The highest BCUT2D eigenvalue weighted by Crippen LogP contribution is 2.38. The minimum atomic E-state index is -2.47. The van der Waals surface area contributed by atoms with Gasteiger partial charge in [-0.25, -0.2) is 9.48 Å². The van der Waals surface area contributed by atoms with Crippen LogP contribution >= 0.6 is 0 Å². The summed E-state index contributed by atoms with van der Waals surface area (Å²) in [6.07, 6.45) is -5.88. The van der Waals surface area contributed by atoms with Crippen LogP contribution in [0.4, 0.5) is 0 Å². The van der Waals surface area contributed by atoms with Crippen molar-refractivity contribution >= 4 is 11.8 Å². The fraction of sp³-hybridized carbons (Fsp3) is 0.778. The van der Waals surface area contributed by atoms with Gasteiger partial charge in [-0.05, 0) is 27.7 Å². The largest absolute Gasteiger partial charge is 0.476 e. The molecular formula is C18H29N3O9. The van der Waals surface area contributed by atoms with E-state index in [-0.39, 0.29) is 18.1 Å². The number of Topliss-reactive ketones (excluding diaryl/α,β-unsaturated/α-hetero) is 1. The molecule has 0 amide bonds. The molecule has 5 N–H and O–H groups in total. The highest BCUT2D eigenvalue weighted by Gasteiger charge is 2.56. The lowest BCUT2D eigenvalue weighted by molar-refractivity contribution is -0.294. The summed E-state index contributed by atoms with van der Waals surface area (Å²) < 4.78 is 12.5. The van der Waals surface area contributed by atoms with E-state index in [0.29, 0.717) is 0 Å². The van der Waals surface area contributed by atoms with Gasteiger partial charge < -0.3 is 39.8 Å². The number of nitrogens with zero attached hydrogens (tertiary/aromatic N) is 3. The maximum Gasteiger partial charge on any atom is 0.377 e. The molecule has 6 unspecified atom stereocenters. The zero-order valence-corrected chi connectivity index (χ0v) is 17.3. The molecule has 0 aromatic carbocycles. The Bertz CT molecular complexity index is 762. The Morgan fingerprint density at radius 1 is 1.40 bits per heavy atom. The van der Waals surface area contributed by atoms with E-state index in [2.05, 4.69) is 10.3 Å². The first-order valence-corrected chi connectivity index (χ1v) is 9.48. The molecule has 1 aliphatic rings. The van der Waals surface area contributed by atoms with Crippen LogP contribution in [0.15, 0.2) is 6.20 Å². The highest BCUT2D eigenvalue weighted by molar-refractivity contribution is 5.77. The molecule has 30 heavy (non-hydrogen) atoms. The second-order valence-corrected chi connectivity index (χ2v) is 8.50. The Hall–Kier alpha value is -2.12. The first kappa shape index (κ1) is 24.2. The number of ether oxygens (including phenoxy) is 2. The maximum atomic E-state index is 12.1. The van der Waals surface area contributed by atoms with Gasteiger partial charge in [0.05, 0.1) is 37.0 Å². The van der Waals surface area contributed by atoms with Crippen molar-refractivity contribution in [3.05, 3.63) is 6.20 Å². The van der Waals surface area contributed by atoms with Gasteiger partial charge in [0.1, 0.15) is 18.0 Å². The number of carbonyl (C=O) groups excluding carboxylic acids is 1. The standard InChI is InChI=1S/C18H29N3O9/c1-9(23)5-10-11(24)6-18(16(27)28,30-15(10)14(26)12(25)8-22)29-13-7-21(20-19-13)17(2,3)4/h7,10-12,14-15,22,24-26H,5-6,8H2,1-4H3,(H,27,28). The molecule has 1 aromatic rings. The van der Waals surface area contributed by atoms with Crippen LogP contribution in [0, 0.1) is 5.92 Å². The Morgan fingerprint density at radius 2 is 2.03 bits per heavy atom. The van der Waals surface area contributed by atoms with Crippen LogP contribution < -0.4 is 4.74 Å². The number of ketones is 1. The van der Waals surface area contributed by atoms with Gasteiger partial charge in [0.15, 0.2) is 0 Å². The summed E-state index contributed by atoms with van der Waals surface area (Å²) in [6.45, 7) is 5.95. The summed E-state index contributed by atoms with van der Waals surface area (Å²) in [6, 6.07) is 0. The zero-order chi connectivity index (χ0) is 22.9. The minimum absolute atomic E-state index is 0.194. The van der Waals surface area contributed by atoms with Crippen LogP contribution in [0.2, 0.25) is 0 Å².